The summed E-state index contributed by atoms with van der Waals surface area (Å²) < 4.78 is 35.3. The van der Waals surface area contributed by atoms with Gasteiger partial charge < -0.3 is 9.30 Å². The number of fused-ring (bicyclic) bond motifs is 1. The van der Waals surface area contributed by atoms with Crippen molar-refractivity contribution in [2.75, 3.05) is 6.54 Å². The van der Waals surface area contributed by atoms with Crippen LogP contribution >= 0.6 is 0 Å². The highest BCUT2D eigenvalue weighted by molar-refractivity contribution is 7.89. The van der Waals surface area contributed by atoms with Crippen LogP contribution in [0.4, 0.5) is 0 Å². The van der Waals surface area contributed by atoms with Crippen LogP contribution in [-0.2, 0) is 27.9 Å². The predicted molar refractivity (Wildman–Crippen MR) is 103 cm³/mol. The van der Waals surface area contributed by atoms with E-state index in [2.05, 4.69) is 9.71 Å². The SMILES string of the molecule is Cc1ccc(S(=O)(=O)NC[C@H]2Cn3cc(-c4ccccc4)nc3CO2)cc1. The summed E-state index contributed by atoms with van der Waals surface area (Å²) in [5, 5.41) is 0. The van der Waals surface area contributed by atoms with Gasteiger partial charge in [-0.1, -0.05) is 48.0 Å². The fourth-order valence-electron chi connectivity index (χ4n) is 3.07. The maximum atomic E-state index is 12.4. The summed E-state index contributed by atoms with van der Waals surface area (Å²) >= 11 is 0. The molecule has 140 valence electrons. The summed E-state index contributed by atoms with van der Waals surface area (Å²) in [6.45, 7) is 3.07. The molecule has 1 aromatic heterocycles. The van der Waals surface area contributed by atoms with E-state index in [9.17, 15) is 8.42 Å². The Morgan fingerprint density at radius 2 is 1.89 bits per heavy atom. The van der Waals surface area contributed by atoms with Crippen LogP contribution in [0.2, 0.25) is 0 Å². The average molecular weight is 383 g/mol. The first-order valence-corrected chi connectivity index (χ1v) is 10.3. The lowest BCUT2D eigenvalue weighted by atomic mass is 10.2. The van der Waals surface area contributed by atoms with Gasteiger partial charge in [-0.25, -0.2) is 18.1 Å². The molecule has 0 bridgehead atoms. The fourth-order valence-corrected chi connectivity index (χ4v) is 4.13. The molecule has 2 heterocycles. The molecule has 1 N–H and O–H groups in total. The molecule has 4 rings (SSSR count). The van der Waals surface area contributed by atoms with Gasteiger partial charge in [0.2, 0.25) is 10.0 Å². The number of imidazole rings is 1. The number of rotatable bonds is 5. The second-order valence-corrected chi connectivity index (χ2v) is 8.43. The highest BCUT2D eigenvalue weighted by Gasteiger charge is 2.23. The van der Waals surface area contributed by atoms with E-state index in [0.29, 0.717) is 13.2 Å². The molecule has 0 saturated carbocycles. The topological polar surface area (TPSA) is 73.2 Å². The van der Waals surface area contributed by atoms with Crippen LogP contribution < -0.4 is 4.72 Å². The lowest BCUT2D eigenvalue weighted by Gasteiger charge is -2.24. The predicted octanol–water partition coefficient (Wildman–Crippen LogP) is 2.74. The molecular weight excluding hydrogens is 362 g/mol. The zero-order valence-electron chi connectivity index (χ0n) is 15.0. The van der Waals surface area contributed by atoms with Crippen molar-refractivity contribution in [2.45, 2.75) is 31.1 Å². The van der Waals surface area contributed by atoms with Gasteiger partial charge in [0.05, 0.1) is 23.2 Å². The molecule has 0 unspecified atom stereocenters. The number of aryl methyl sites for hydroxylation is 1. The van der Waals surface area contributed by atoms with Crippen molar-refractivity contribution >= 4 is 10.0 Å². The minimum Gasteiger partial charge on any atom is -0.367 e. The molecule has 0 aliphatic carbocycles. The number of sulfonamides is 1. The van der Waals surface area contributed by atoms with Crippen molar-refractivity contribution in [1.29, 1.82) is 0 Å². The van der Waals surface area contributed by atoms with Gasteiger partial charge in [-0.15, -0.1) is 0 Å². The molecule has 7 heteroatoms. The van der Waals surface area contributed by atoms with Gasteiger partial charge in [0.25, 0.3) is 0 Å². The molecule has 3 aromatic rings. The van der Waals surface area contributed by atoms with E-state index < -0.39 is 10.0 Å². The maximum Gasteiger partial charge on any atom is 0.240 e. The summed E-state index contributed by atoms with van der Waals surface area (Å²) in [6, 6.07) is 16.8. The molecule has 0 spiro atoms. The molecular formula is C20H21N3O3S. The molecule has 2 aromatic carbocycles. The summed E-state index contributed by atoms with van der Waals surface area (Å²) in [7, 11) is -3.55. The smallest absolute Gasteiger partial charge is 0.240 e. The quantitative estimate of drug-likeness (QED) is 0.735. The number of nitrogens with zero attached hydrogens (tertiary/aromatic N) is 2. The van der Waals surface area contributed by atoms with Gasteiger partial charge >= 0.3 is 0 Å². The highest BCUT2D eigenvalue weighted by Crippen LogP contribution is 2.22. The third-order valence-electron chi connectivity index (χ3n) is 4.61. The van der Waals surface area contributed by atoms with Gasteiger partial charge in [0.15, 0.2) is 0 Å². The zero-order valence-corrected chi connectivity index (χ0v) is 15.8. The number of ether oxygens (including phenoxy) is 1. The summed E-state index contributed by atoms with van der Waals surface area (Å²) in [6.07, 6.45) is 1.75. The number of benzene rings is 2. The second kappa shape index (κ2) is 7.26. The Balaban J connectivity index is 1.43. The van der Waals surface area contributed by atoms with Crippen LogP contribution in [0.3, 0.4) is 0 Å². The first kappa shape index (κ1) is 17.9. The number of nitrogens with one attached hydrogen (secondary N) is 1. The molecule has 1 aliphatic rings. The van der Waals surface area contributed by atoms with Gasteiger partial charge in [-0.3, -0.25) is 0 Å². The van der Waals surface area contributed by atoms with E-state index in [1.807, 2.05) is 48.0 Å². The maximum absolute atomic E-state index is 12.4. The van der Waals surface area contributed by atoms with Gasteiger partial charge in [0.1, 0.15) is 12.4 Å². The monoisotopic (exact) mass is 383 g/mol. The van der Waals surface area contributed by atoms with E-state index in [1.54, 1.807) is 24.3 Å². The highest BCUT2D eigenvalue weighted by atomic mass is 32.2. The van der Waals surface area contributed by atoms with Gasteiger partial charge in [-0.05, 0) is 19.1 Å². The van der Waals surface area contributed by atoms with Crippen molar-refractivity contribution < 1.29 is 13.2 Å². The van der Waals surface area contributed by atoms with E-state index in [4.69, 9.17) is 4.74 Å². The number of aromatic nitrogens is 2. The largest absolute Gasteiger partial charge is 0.367 e. The molecule has 0 radical (unpaired) electrons. The van der Waals surface area contributed by atoms with Crippen LogP contribution in [-0.4, -0.2) is 30.6 Å². The van der Waals surface area contributed by atoms with Crippen LogP contribution in [0, 0.1) is 6.92 Å². The molecule has 0 fully saturated rings. The van der Waals surface area contributed by atoms with Crippen LogP contribution in [0.25, 0.3) is 11.3 Å². The Kier molecular flexibility index (Phi) is 4.82. The second-order valence-electron chi connectivity index (χ2n) is 6.66. The zero-order chi connectivity index (χ0) is 18.9. The number of hydrogen-bond donors (Lipinski definition) is 1. The van der Waals surface area contributed by atoms with E-state index in [-0.39, 0.29) is 17.5 Å². The summed E-state index contributed by atoms with van der Waals surface area (Å²) in [4.78, 5) is 4.88. The normalized spacial score (nSPS) is 16.9. The molecule has 1 atom stereocenters. The van der Waals surface area contributed by atoms with Crippen LogP contribution in [0.5, 0.6) is 0 Å². The molecule has 6 nitrogen and oxygen atoms in total. The van der Waals surface area contributed by atoms with Crippen molar-refractivity contribution in [2.24, 2.45) is 0 Å². The van der Waals surface area contributed by atoms with Crippen molar-refractivity contribution in [1.82, 2.24) is 14.3 Å². The van der Waals surface area contributed by atoms with Gasteiger partial charge in [0, 0.05) is 18.3 Å². The molecule has 0 amide bonds. The molecule has 27 heavy (non-hydrogen) atoms. The Labute approximate surface area is 158 Å². The fraction of sp³-hybridized carbons (Fsp3) is 0.250. The molecule has 1 aliphatic heterocycles. The Morgan fingerprint density at radius 1 is 1.15 bits per heavy atom. The first-order valence-electron chi connectivity index (χ1n) is 8.81. The lowest BCUT2D eigenvalue weighted by Crippen LogP contribution is -2.38. The Hall–Kier alpha value is -2.48. The van der Waals surface area contributed by atoms with Crippen LogP contribution in [0.1, 0.15) is 11.4 Å². The standard InChI is InChI=1S/C20H21N3O3S/c1-15-7-9-18(10-8-15)27(24,25)21-11-17-12-23-13-19(22-20(23)14-26-17)16-5-3-2-4-6-16/h2-10,13,17,21H,11-12,14H2,1H3/t17-/m0/s1. The molecule has 0 saturated heterocycles. The van der Waals surface area contributed by atoms with Crippen LogP contribution in [0.15, 0.2) is 65.7 Å². The van der Waals surface area contributed by atoms with Crippen molar-refractivity contribution in [3.63, 3.8) is 0 Å². The third-order valence-corrected chi connectivity index (χ3v) is 6.05. The van der Waals surface area contributed by atoms with E-state index in [1.165, 1.54) is 0 Å². The third kappa shape index (κ3) is 3.95. The minimum absolute atomic E-state index is 0.217. The minimum atomic E-state index is -3.55. The Morgan fingerprint density at radius 3 is 2.63 bits per heavy atom. The summed E-state index contributed by atoms with van der Waals surface area (Å²) in [5.41, 5.74) is 2.97. The average Bonchev–Trinajstić information content (AvgIpc) is 3.11. The van der Waals surface area contributed by atoms with Crippen molar-refractivity contribution in [3.05, 3.63) is 72.2 Å². The summed E-state index contributed by atoms with van der Waals surface area (Å²) in [5.74, 6) is 0.853. The number of hydrogen-bond acceptors (Lipinski definition) is 4. The Bertz CT molecular complexity index is 1030. The van der Waals surface area contributed by atoms with E-state index in [0.717, 1.165) is 22.6 Å². The van der Waals surface area contributed by atoms with Crippen molar-refractivity contribution in [3.8, 4) is 11.3 Å². The van der Waals surface area contributed by atoms with E-state index >= 15 is 0 Å². The first-order chi connectivity index (χ1) is 13.0. The van der Waals surface area contributed by atoms with Gasteiger partial charge in [-0.2, -0.15) is 0 Å². The lowest BCUT2D eigenvalue weighted by molar-refractivity contribution is 0.00586.